The van der Waals surface area contributed by atoms with E-state index in [0.717, 1.165) is 45.5 Å². The van der Waals surface area contributed by atoms with Crippen LogP contribution in [0, 0.1) is 0 Å². The molecule has 0 bridgehead atoms. The molecule has 4 N–H and O–H groups in total. The highest BCUT2D eigenvalue weighted by Crippen LogP contribution is 2.16. The highest BCUT2D eigenvalue weighted by atomic mass is 16.5. The molecule has 116 valence electrons. The van der Waals surface area contributed by atoms with Gasteiger partial charge in [0.1, 0.15) is 0 Å². The Morgan fingerprint density at radius 1 is 1.24 bits per heavy atom. The molecule has 0 unspecified atom stereocenters. The molecule has 1 aliphatic rings. The van der Waals surface area contributed by atoms with E-state index in [1.165, 1.54) is 5.56 Å². The maximum atomic E-state index is 11.0. The monoisotopic (exact) mass is 291 g/mol. The minimum Gasteiger partial charge on any atom is -0.378 e. The first kappa shape index (κ1) is 15.9. The number of likely N-dealkylation sites (tertiary alicyclic amines) is 1. The number of ether oxygens (including phenoxy) is 1. The number of rotatable bonds is 7. The van der Waals surface area contributed by atoms with E-state index in [2.05, 4.69) is 4.90 Å². The number of benzene rings is 1. The van der Waals surface area contributed by atoms with Crippen LogP contribution < -0.4 is 11.5 Å². The van der Waals surface area contributed by atoms with Crippen molar-refractivity contribution in [1.29, 1.82) is 0 Å². The fourth-order valence-electron chi connectivity index (χ4n) is 2.60. The van der Waals surface area contributed by atoms with E-state index in [9.17, 15) is 4.79 Å². The van der Waals surface area contributed by atoms with E-state index in [0.29, 0.717) is 18.2 Å². The molecule has 1 aromatic carbocycles. The van der Waals surface area contributed by atoms with E-state index in [1.54, 1.807) is 12.1 Å². The summed E-state index contributed by atoms with van der Waals surface area (Å²) in [7, 11) is 0. The zero-order chi connectivity index (χ0) is 15.1. The number of hydrogen-bond acceptors (Lipinski definition) is 4. The molecule has 1 heterocycles. The summed E-state index contributed by atoms with van der Waals surface area (Å²) in [5.41, 5.74) is 12.5. The van der Waals surface area contributed by atoms with E-state index in [1.807, 2.05) is 12.1 Å². The van der Waals surface area contributed by atoms with Gasteiger partial charge in [-0.2, -0.15) is 0 Å². The number of carbonyl (C=O) groups excluding carboxylic acids is 1. The van der Waals surface area contributed by atoms with Gasteiger partial charge in [0, 0.05) is 31.8 Å². The van der Waals surface area contributed by atoms with Gasteiger partial charge >= 0.3 is 0 Å². The minimum absolute atomic E-state index is 0.378. The predicted molar refractivity (Wildman–Crippen MR) is 82.9 cm³/mol. The quantitative estimate of drug-likeness (QED) is 0.738. The van der Waals surface area contributed by atoms with Crippen molar-refractivity contribution in [3.63, 3.8) is 0 Å². The van der Waals surface area contributed by atoms with Gasteiger partial charge in [-0.3, -0.25) is 9.69 Å². The summed E-state index contributed by atoms with van der Waals surface area (Å²) in [6, 6.07) is 7.54. The molecule has 0 aromatic heterocycles. The van der Waals surface area contributed by atoms with Crippen LogP contribution >= 0.6 is 0 Å². The summed E-state index contributed by atoms with van der Waals surface area (Å²) >= 11 is 0. The number of amides is 1. The number of primary amides is 1. The van der Waals surface area contributed by atoms with Crippen LogP contribution in [0.2, 0.25) is 0 Å². The topological polar surface area (TPSA) is 81.6 Å². The summed E-state index contributed by atoms with van der Waals surface area (Å²) in [4.78, 5) is 13.5. The van der Waals surface area contributed by atoms with Crippen molar-refractivity contribution in [2.45, 2.75) is 31.9 Å². The Bertz CT molecular complexity index is 439. The summed E-state index contributed by atoms with van der Waals surface area (Å²) in [6.07, 6.45) is 3.46. The van der Waals surface area contributed by atoms with Gasteiger partial charge in [-0.25, -0.2) is 0 Å². The fourth-order valence-corrected chi connectivity index (χ4v) is 2.60. The minimum atomic E-state index is -0.378. The maximum Gasteiger partial charge on any atom is 0.248 e. The van der Waals surface area contributed by atoms with Gasteiger partial charge in [-0.15, -0.1) is 0 Å². The number of nitrogens with zero attached hydrogens (tertiary/aromatic N) is 1. The number of hydrogen-bond donors (Lipinski definition) is 2. The second-order valence-electron chi connectivity index (χ2n) is 5.55. The van der Waals surface area contributed by atoms with Crippen molar-refractivity contribution >= 4 is 5.91 Å². The van der Waals surface area contributed by atoms with Gasteiger partial charge < -0.3 is 16.2 Å². The molecule has 1 saturated heterocycles. The number of piperidine rings is 1. The zero-order valence-corrected chi connectivity index (χ0v) is 12.5. The van der Waals surface area contributed by atoms with Crippen LogP contribution in [0.15, 0.2) is 24.3 Å². The Balaban J connectivity index is 1.74. The number of carbonyl (C=O) groups is 1. The normalized spacial score (nSPS) is 17.0. The van der Waals surface area contributed by atoms with Crippen LogP contribution in [0.1, 0.15) is 35.2 Å². The molecule has 0 saturated carbocycles. The molecule has 1 fully saturated rings. The van der Waals surface area contributed by atoms with E-state index in [4.69, 9.17) is 16.2 Å². The van der Waals surface area contributed by atoms with Gasteiger partial charge in [-0.1, -0.05) is 12.1 Å². The first-order chi connectivity index (χ1) is 10.2. The second kappa shape index (κ2) is 8.12. The van der Waals surface area contributed by atoms with E-state index in [-0.39, 0.29) is 5.91 Å². The van der Waals surface area contributed by atoms with Crippen LogP contribution in [0.3, 0.4) is 0 Å². The Kier molecular flexibility index (Phi) is 6.17. The molecule has 0 radical (unpaired) electrons. The summed E-state index contributed by atoms with van der Waals surface area (Å²) < 4.78 is 5.81. The molecule has 1 aliphatic heterocycles. The van der Waals surface area contributed by atoms with E-state index >= 15 is 0 Å². The lowest BCUT2D eigenvalue weighted by atomic mass is 10.1. The predicted octanol–water partition coefficient (Wildman–Crippen LogP) is 1.12. The second-order valence-corrected chi connectivity index (χ2v) is 5.55. The largest absolute Gasteiger partial charge is 0.378 e. The average Bonchev–Trinajstić information content (AvgIpc) is 2.50. The van der Waals surface area contributed by atoms with Crippen LogP contribution in [-0.4, -0.2) is 43.2 Å². The third-order valence-electron chi connectivity index (χ3n) is 3.88. The lowest BCUT2D eigenvalue weighted by Crippen LogP contribution is -2.36. The van der Waals surface area contributed by atoms with Gasteiger partial charge in [0.25, 0.3) is 0 Å². The molecular formula is C16H25N3O2. The molecule has 0 spiro atoms. The Hall–Kier alpha value is -1.43. The highest BCUT2D eigenvalue weighted by molar-refractivity contribution is 5.92. The smallest absolute Gasteiger partial charge is 0.248 e. The molecule has 1 amide bonds. The van der Waals surface area contributed by atoms with Crippen LogP contribution in [0.4, 0.5) is 0 Å². The molecule has 0 atom stereocenters. The van der Waals surface area contributed by atoms with Crippen LogP contribution in [0.5, 0.6) is 0 Å². The van der Waals surface area contributed by atoms with Gasteiger partial charge in [0.05, 0.1) is 6.10 Å². The zero-order valence-electron chi connectivity index (χ0n) is 12.5. The van der Waals surface area contributed by atoms with Gasteiger partial charge in [-0.05, 0) is 43.5 Å². The molecule has 21 heavy (non-hydrogen) atoms. The van der Waals surface area contributed by atoms with Crippen molar-refractivity contribution < 1.29 is 9.53 Å². The molecule has 5 nitrogen and oxygen atoms in total. The van der Waals surface area contributed by atoms with Crippen molar-refractivity contribution in [1.82, 2.24) is 4.90 Å². The standard InChI is InChI=1S/C16H25N3O2/c17-8-1-11-21-15-6-9-19(10-7-15)12-13-2-4-14(5-3-13)16(18)20/h2-5,15H,1,6-12,17H2,(H2,18,20). The summed E-state index contributed by atoms with van der Waals surface area (Å²) in [6.45, 7) is 4.47. The van der Waals surface area contributed by atoms with Gasteiger partial charge in [0.15, 0.2) is 0 Å². The fraction of sp³-hybridized carbons (Fsp3) is 0.562. The van der Waals surface area contributed by atoms with Gasteiger partial charge in [0.2, 0.25) is 5.91 Å². The molecule has 2 rings (SSSR count). The summed E-state index contributed by atoms with van der Waals surface area (Å²) in [5.74, 6) is -0.378. The van der Waals surface area contributed by atoms with Crippen molar-refractivity contribution in [2.75, 3.05) is 26.2 Å². The van der Waals surface area contributed by atoms with E-state index < -0.39 is 0 Å². The van der Waals surface area contributed by atoms with Crippen molar-refractivity contribution in [3.05, 3.63) is 35.4 Å². The van der Waals surface area contributed by atoms with Crippen LogP contribution in [0.25, 0.3) is 0 Å². The molecule has 5 heteroatoms. The summed E-state index contributed by atoms with van der Waals surface area (Å²) in [5, 5.41) is 0. The third-order valence-corrected chi connectivity index (χ3v) is 3.88. The Morgan fingerprint density at radius 3 is 2.48 bits per heavy atom. The first-order valence-corrected chi connectivity index (χ1v) is 7.62. The lowest BCUT2D eigenvalue weighted by Gasteiger charge is -2.32. The van der Waals surface area contributed by atoms with Crippen LogP contribution in [-0.2, 0) is 11.3 Å². The average molecular weight is 291 g/mol. The first-order valence-electron chi connectivity index (χ1n) is 7.62. The molecular weight excluding hydrogens is 266 g/mol. The Morgan fingerprint density at radius 2 is 1.90 bits per heavy atom. The van der Waals surface area contributed by atoms with Crippen molar-refractivity contribution in [3.8, 4) is 0 Å². The maximum absolute atomic E-state index is 11.0. The molecule has 0 aliphatic carbocycles. The molecule has 1 aromatic rings. The third kappa shape index (κ3) is 5.12. The lowest BCUT2D eigenvalue weighted by molar-refractivity contribution is 0.00563. The van der Waals surface area contributed by atoms with Crippen molar-refractivity contribution in [2.24, 2.45) is 11.5 Å². The SMILES string of the molecule is NCCCOC1CCN(Cc2ccc(C(N)=O)cc2)CC1. The Labute approximate surface area is 126 Å². The number of nitrogens with two attached hydrogens (primary N) is 2. The highest BCUT2D eigenvalue weighted by Gasteiger charge is 2.19.